The molecule has 2 heterocycles. The number of aryl methyl sites for hydroxylation is 2. The van der Waals surface area contributed by atoms with E-state index in [4.69, 9.17) is 30.5 Å². The van der Waals surface area contributed by atoms with Gasteiger partial charge >= 0.3 is 5.97 Å². The highest BCUT2D eigenvalue weighted by molar-refractivity contribution is 6.30. The van der Waals surface area contributed by atoms with E-state index in [9.17, 15) is 19.1 Å². The monoisotopic (exact) mass is 626 g/mol. The smallest absolute Gasteiger partial charge is 0.309 e. The van der Waals surface area contributed by atoms with Gasteiger partial charge in [0.1, 0.15) is 12.4 Å². The number of amides is 1. The maximum atomic E-state index is 15.0. The van der Waals surface area contributed by atoms with Crippen LogP contribution >= 0.6 is 11.6 Å². The van der Waals surface area contributed by atoms with Crippen LogP contribution in [0.3, 0.4) is 0 Å². The second kappa shape index (κ2) is 13.8. The fraction of sp³-hybridized carbons (Fsp3) is 0.394. The Hall–Kier alpha value is -3.86. The minimum atomic E-state index is -1.05. The average molecular weight is 627 g/mol. The number of methoxy groups -OCH3 is 1. The van der Waals surface area contributed by atoms with Gasteiger partial charge in [-0.1, -0.05) is 37.6 Å². The van der Waals surface area contributed by atoms with Gasteiger partial charge in [-0.05, 0) is 71.5 Å². The lowest BCUT2D eigenvalue weighted by Gasteiger charge is -2.27. The fourth-order valence-corrected chi connectivity index (χ4v) is 6.40. The molecular weight excluding hydrogens is 591 g/mol. The van der Waals surface area contributed by atoms with Crippen LogP contribution in [0.25, 0.3) is 0 Å². The molecule has 0 aromatic heterocycles. The Labute approximate surface area is 260 Å². The Bertz CT molecular complexity index is 1490. The third-order valence-electron chi connectivity index (χ3n) is 8.18. The van der Waals surface area contributed by atoms with Crippen LogP contribution in [-0.4, -0.2) is 62.1 Å². The molecule has 1 unspecified atom stereocenters. The topological polar surface area (TPSA) is 107 Å². The second-order valence-electron chi connectivity index (χ2n) is 10.8. The van der Waals surface area contributed by atoms with E-state index in [1.165, 1.54) is 6.07 Å². The molecule has 3 atom stereocenters. The third-order valence-corrected chi connectivity index (χ3v) is 8.40. The van der Waals surface area contributed by atoms with Crippen molar-refractivity contribution in [2.24, 2.45) is 5.92 Å². The number of hydrogen-bond donors (Lipinski definition) is 2. The van der Waals surface area contributed by atoms with E-state index in [0.29, 0.717) is 48.0 Å². The molecule has 0 bridgehead atoms. The van der Waals surface area contributed by atoms with Crippen LogP contribution in [0.5, 0.6) is 17.2 Å². The fourth-order valence-electron chi connectivity index (χ4n) is 6.14. The lowest BCUT2D eigenvalue weighted by Crippen LogP contribution is -2.35. The van der Waals surface area contributed by atoms with Crippen molar-refractivity contribution in [3.8, 4) is 17.2 Å². The highest BCUT2D eigenvalue weighted by atomic mass is 35.5. The van der Waals surface area contributed by atoms with Crippen molar-refractivity contribution in [1.29, 1.82) is 0 Å². The van der Waals surface area contributed by atoms with Crippen molar-refractivity contribution >= 4 is 29.2 Å². The molecule has 2 aliphatic heterocycles. The third kappa shape index (κ3) is 6.62. The summed E-state index contributed by atoms with van der Waals surface area (Å²) in [5.41, 5.74) is 3.72. The van der Waals surface area contributed by atoms with Gasteiger partial charge in [-0.15, -0.1) is 0 Å². The summed E-state index contributed by atoms with van der Waals surface area (Å²) >= 11 is 6.32. The zero-order valence-electron chi connectivity index (χ0n) is 24.9. The number of halogens is 2. The van der Waals surface area contributed by atoms with Crippen molar-refractivity contribution in [1.82, 2.24) is 4.90 Å². The molecular formula is C33H36ClFN2O7. The number of aliphatic carboxylic acids is 1. The molecule has 2 aliphatic rings. The van der Waals surface area contributed by atoms with Crippen LogP contribution in [0.4, 0.5) is 10.1 Å². The summed E-state index contributed by atoms with van der Waals surface area (Å²) in [6.07, 6.45) is 1.35. The van der Waals surface area contributed by atoms with E-state index in [0.717, 1.165) is 16.8 Å². The summed E-state index contributed by atoms with van der Waals surface area (Å²) in [4.78, 5) is 28.4. The van der Waals surface area contributed by atoms with Gasteiger partial charge in [-0.3, -0.25) is 14.5 Å². The van der Waals surface area contributed by atoms with E-state index >= 15 is 0 Å². The normalized spacial score (nSPS) is 19.2. The number of fused-ring (bicyclic) bond motifs is 1. The summed E-state index contributed by atoms with van der Waals surface area (Å²) in [5.74, 6) is -2.74. The number of likely N-dealkylation sites (tertiary alicyclic amines) is 1. The zero-order chi connectivity index (χ0) is 31.4. The van der Waals surface area contributed by atoms with Gasteiger partial charge in [-0.2, -0.15) is 0 Å². The van der Waals surface area contributed by atoms with Gasteiger partial charge in [0, 0.05) is 36.3 Å². The van der Waals surface area contributed by atoms with Crippen LogP contribution in [0.2, 0.25) is 5.02 Å². The first-order valence-corrected chi connectivity index (χ1v) is 15.0. The molecule has 5 rings (SSSR count). The van der Waals surface area contributed by atoms with Gasteiger partial charge in [-0.25, -0.2) is 4.39 Å². The van der Waals surface area contributed by atoms with Crippen LogP contribution in [0, 0.1) is 11.7 Å². The minimum absolute atomic E-state index is 0.0110. The number of carbonyl (C=O) groups is 2. The number of carboxylic acids is 1. The summed E-state index contributed by atoms with van der Waals surface area (Å²) < 4.78 is 36.4. The van der Waals surface area contributed by atoms with Crippen LogP contribution in [-0.2, 0) is 27.2 Å². The van der Waals surface area contributed by atoms with Crippen molar-refractivity contribution in [3.05, 3.63) is 81.6 Å². The second-order valence-corrected chi connectivity index (χ2v) is 11.3. The maximum Gasteiger partial charge on any atom is 0.309 e. The van der Waals surface area contributed by atoms with E-state index < -0.39 is 29.7 Å². The van der Waals surface area contributed by atoms with Crippen molar-refractivity contribution in [3.63, 3.8) is 0 Å². The standard InChI is InChI=1S/C33H36ClFN2O7/c1-4-19-12-23(34)13-20(5-2)30(19)36-28(38)17-37-16-25(22-14-26(35)32-27(15-22)43-18-44-32)29(33(39)40)31(37)21-6-8-24(9-7-21)42-11-10-41-3/h6-9,12-15,25,29,31H,4-5,10-11,16-18H2,1-3H3,(H,36,38)(H,39,40)/t25-,29?,31+/m1/s1. The Morgan fingerprint density at radius 1 is 1.05 bits per heavy atom. The quantitative estimate of drug-likeness (QED) is 0.242. The summed E-state index contributed by atoms with van der Waals surface area (Å²) in [6.45, 7) is 4.78. The molecule has 0 spiro atoms. The Kier molecular flexibility index (Phi) is 9.93. The average Bonchev–Trinajstić information content (AvgIpc) is 3.64. The molecule has 1 amide bonds. The first-order chi connectivity index (χ1) is 21.2. The number of nitrogens with zero attached hydrogens (tertiary/aromatic N) is 1. The van der Waals surface area contributed by atoms with Crippen LogP contribution in [0.15, 0.2) is 48.5 Å². The number of hydrogen-bond acceptors (Lipinski definition) is 7. The molecule has 234 valence electrons. The first-order valence-electron chi connectivity index (χ1n) is 14.6. The van der Waals surface area contributed by atoms with E-state index in [1.54, 1.807) is 37.4 Å². The molecule has 9 nitrogen and oxygen atoms in total. The number of carbonyl (C=O) groups excluding carboxylic acids is 1. The summed E-state index contributed by atoms with van der Waals surface area (Å²) in [6, 6.07) is 13.1. The molecule has 44 heavy (non-hydrogen) atoms. The van der Waals surface area contributed by atoms with Gasteiger partial charge < -0.3 is 29.4 Å². The molecule has 1 saturated heterocycles. The lowest BCUT2D eigenvalue weighted by molar-refractivity contribution is -0.143. The van der Waals surface area contributed by atoms with Gasteiger partial charge in [0.25, 0.3) is 0 Å². The predicted octanol–water partition coefficient (Wildman–Crippen LogP) is 5.84. The highest BCUT2D eigenvalue weighted by Gasteiger charge is 2.48. The van der Waals surface area contributed by atoms with Crippen LogP contribution in [0.1, 0.15) is 48.1 Å². The number of benzene rings is 3. The Morgan fingerprint density at radius 2 is 1.75 bits per heavy atom. The maximum absolute atomic E-state index is 15.0. The molecule has 2 N–H and O–H groups in total. The van der Waals surface area contributed by atoms with E-state index in [1.807, 2.05) is 30.9 Å². The molecule has 0 aliphatic carbocycles. The van der Waals surface area contributed by atoms with Crippen molar-refractivity contribution in [2.45, 2.75) is 38.6 Å². The molecule has 1 fully saturated rings. The Balaban J connectivity index is 1.48. The molecule has 11 heteroatoms. The zero-order valence-corrected chi connectivity index (χ0v) is 25.7. The van der Waals surface area contributed by atoms with Gasteiger partial charge in [0.05, 0.1) is 19.1 Å². The molecule has 3 aromatic carbocycles. The molecule has 3 aromatic rings. The van der Waals surface area contributed by atoms with Crippen molar-refractivity contribution < 1.29 is 38.0 Å². The first kappa shape index (κ1) is 31.6. The minimum Gasteiger partial charge on any atom is -0.491 e. The van der Waals surface area contributed by atoms with Crippen molar-refractivity contribution in [2.75, 3.05) is 45.5 Å². The molecule has 0 saturated carbocycles. The SMILES string of the molecule is CCc1cc(Cl)cc(CC)c1NC(=O)CN1C[C@H](c2cc(F)c3c(c2)OCO3)C(C(=O)O)[C@@H]1c1ccc(OCCOC)cc1. The summed E-state index contributed by atoms with van der Waals surface area (Å²) in [7, 11) is 1.59. The summed E-state index contributed by atoms with van der Waals surface area (Å²) in [5, 5.41) is 14.2. The highest BCUT2D eigenvalue weighted by Crippen LogP contribution is 2.48. The van der Waals surface area contributed by atoms with Gasteiger partial charge in [0.15, 0.2) is 11.6 Å². The largest absolute Gasteiger partial charge is 0.491 e. The van der Waals surface area contributed by atoms with E-state index in [2.05, 4.69) is 5.32 Å². The lowest BCUT2D eigenvalue weighted by atomic mass is 9.82. The van der Waals surface area contributed by atoms with E-state index in [-0.39, 0.29) is 37.3 Å². The van der Waals surface area contributed by atoms with Gasteiger partial charge in [0.2, 0.25) is 18.4 Å². The number of carboxylic acid groups (broad SMARTS) is 1. The number of anilines is 1. The van der Waals surface area contributed by atoms with Crippen LogP contribution < -0.4 is 19.5 Å². The predicted molar refractivity (Wildman–Crippen MR) is 163 cm³/mol. The number of nitrogens with one attached hydrogen (secondary N) is 1. The Morgan fingerprint density at radius 3 is 2.39 bits per heavy atom. The number of ether oxygens (including phenoxy) is 4. The number of rotatable bonds is 12. The molecule has 0 radical (unpaired) electrons.